The van der Waals surface area contributed by atoms with Crippen LogP contribution >= 0.6 is 0 Å². The first-order chi connectivity index (χ1) is 26.7. The van der Waals surface area contributed by atoms with Crippen LogP contribution in [0.15, 0.2) is 71.7 Å². The van der Waals surface area contributed by atoms with Gasteiger partial charge in [0.1, 0.15) is 29.8 Å². The first kappa shape index (κ1) is 39.3. The number of nitrogens with zero attached hydrogens (tertiary/aromatic N) is 5. The van der Waals surface area contributed by atoms with Crippen LogP contribution in [-0.4, -0.2) is 65.4 Å². The van der Waals surface area contributed by atoms with E-state index in [9.17, 15) is 29.8 Å². The molecule has 0 saturated carbocycles. The zero-order valence-electron chi connectivity index (χ0n) is 29.9. The number of nitrogens with one attached hydrogen (secondary N) is 1. The number of rotatable bonds is 17. The molecule has 0 amide bonds. The number of hydrogen-bond donors (Lipinski definition) is 1. The summed E-state index contributed by atoms with van der Waals surface area (Å²) >= 11 is 0. The van der Waals surface area contributed by atoms with Gasteiger partial charge in [-0.15, -0.1) is 0 Å². The van der Waals surface area contributed by atoms with Crippen molar-refractivity contribution in [2.24, 2.45) is 4.99 Å². The minimum atomic E-state index is -0.864. The number of carbonyl (C=O) groups is 3. The molecule has 0 spiro atoms. The summed E-state index contributed by atoms with van der Waals surface area (Å²) in [6.45, 7) is 3.31. The molecule has 1 unspecified atom stereocenters. The number of nitriles is 1. The van der Waals surface area contributed by atoms with Crippen LogP contribution in [0, 0.1) is 21.4 Å². The molecule has 55 heavy (non-hydrogen) atoms. The lowest BCUT2D eigenvalue weighted by Gasteiger charge is -2.20. The van der Waals surface area contributed by atoms with E-state index in [-0.39, 0.29) is 55.3 Å². The molecule has 0 aliphatic carbocycles. The number of aryl methyl sites for hydroxylation is 1. The lowest BCUT2D eigenvalue weighted by molar-refractivity contribution is -0.387. The van der Waals surface area contributed by atoms with Crippen LogP contribution in [0.25, 0.3) is 0 Å². The van der Waals surface area contributed by atoms with Crippen LogP contribution in [0.1, 0.15) is 65.5 Å². The van der Waals surface area contributed by atoms with Gasteiger partial charge in [-0.05, 0) is 73.7 Å². The fraction of sp³-hybridized carbons (Fsp3) is 0.289. The maximum Gasteiger partial charge on any atom is 0.392 e. The average Bonchev–Trinajstić information content (AvgIpc) is 3.19. The number of esters is 3. The Morgan fingerprint density at radius 3 is 2.40 bits per heavy atom. The molecule has 5 rings (SSSR count). The molecule has 1 atom stereocenters. The van der Waals surface area contributed by atoms with Crippen molar-refractivity contribution in [3.05, 3.63) is 105 Å². The monoisotopic (exact) mass is 752 g/mol. The molecular weight excluding hydrogens is 716 g/mol. The Kier molecular flexibility index (Phi) is 13.7. The quantitative estimate of drug-likeness (QED) is 0.0591. The molecule has 1 N–H and O–H groups in total. The maximum absolute atomic E-state index is 13.3. The standard InChI is InChI=1S/C38H36N6O11/c1-3-50-31(45)14-12-25-17-27(34-40-15-8-16-41-34)20-28(18-25)54-36-33(44(48)49)35(52-23-32(46)51-4-2)42-38(43-36)55-30-19-26(21-39)11-13-29(30)37(47)53-22-24-9-6-5-7-10-24/h5-7,9-11,13,15,17-20,34,41H,3-4,8,12,14,16,22-23H2,1-2H3. The van der Waals surface area contributed by atoms with Gasteiger partial charge in [0.2, 0.25) is 0 Å². The Morgan fingerprint density at radius 1 is 0.927 bits per heavy atom. The second-order valence-electron chi connectivity index (χ2n) is 11.6. The SMILES string of the molecule is CCOC(=O)CCc1cc(Oc2nc(Oc3cc(C#N)ccc3C(=O)OCc3ccccc3)nc(OCC(=O)OCC)c2[N+](=O)[O-])cc(C2N=CCCN2)c1. The van der Waals surface area contributed by atoms with E-state index in [1.54, 1.807) is 56.5 Å². The van der Waals surface area contributed by atoms with Gasteiger partial charge in [0, 0.05) is 19.2 Å². The molecule has 0 saturated heterocycles. The highest BCUT2D eigenvalue weighted by Crippen LogP contribution is 2.40. The van der Waals surface area contributed by atoms with E-state index in [0.717, 1.165) is 12.0 Å². The molecule has 0 bridgehead atoms. The lowest BCUT2D eigenvalue weighted by Crippen LogP contribution is -2.25. The molecule has 3 aromatic carbocycles. The van der Waals surface area contributed by atoms with Gasteiger partial charge in [-0.25, -0.2) is 9.59 Å². The van der Waals surface area contributed by atoms with Crippen LogP contribution < -0.4 is 19.5 Å². The van der Waals surface area contributed by atoms with Crippen LogP contribution in [0.5, 0.6) is 29.3 Å². The van der Waals surface area contributed by atoms with Gasteiger partial charge < -0.3 is 28.4 Å². The fourth-order valence-corrected chi connectivity index (χ4v) is 5.20. The van der Waals surface area contributed by atoms with Gasteiger partial charge in [0.25, 0.3) is 0 Å². The van der Waals surface area contributed by atoms with Gasteiger partial charge in [0.05, 0.1) is 29.8 Å². The largest absolute Gasteiger partial charge is 0.466 e. The van der Waals surface area contributed by atoms with Crippen molar-refractivity contribution in [1.82, 2.24) is 15.3 Å². The Hall–Kier alpha value is -6.93. The van der Waals surface area contributed by atoms with Gasteiger partial charge in [0.15, 0.2) is 6.61 Å². The Morgan fingerprint density at radius 2 is 1.69 bits per heavy atom. The van der Waals surface area contributed by atoms with Crippen molar-refractivity contribution >= 4 is 29.8 Å². The van der Waals surface area contributed by atoms with E-state index >= 15 is 0 Å². The second kappa shape index (κ2) is 19.2. The Balaban J connectivity index is 1.56. The van der Waals surface area contributed by atoms with Crippen LogP contribution in [0.2, 0.25) is 0 Å². The third-order valence-corrected chi connectivity index (χ3v) is 7.67. The molecular formula is C38H36N6O11. The van der Waals surface area contributed by atoms with Crippen molar-refractivity contribution in [3.8, 4) is 35.3 Å². The molecule has 17 nitrogen and oxygen atoms in total. The number of aromatic nitrogens is 2. The molecule has 1 aliphatic rings. The van der Waals surface area contributed by atoms with Crippen LogP contribution in [0.3, 0.4) is 0 Å². The normalized spacial score (nSPS) is 13.2. The summed E-state index contributed by atoms with van der Waals surface area (Å²) in [7, 11) is 0. The Labute approximate surface area is 315 Å². The highest BCUT2D eigenvalue weighted by molar-refractivity contribution is 5.93. The first-order valence-electron chi connectivity index (χ1n) is 17.2. The third-order valence-electron chi connectivity index (χ3n) is 7.67. The summed E-state index contributed by atoms with van der Waals surface area (Å²) in [6.07, 6.45) is 2.30. The first-order valence-corrected chi connectivity index (χ1v) is 17.2. The second-order valence-corrected chi connectivity index (χ2v) is 11.6. The molecule has 1 aliphatic heterocycles. The van der Waals surface area contributed by atoms with E-state index < -0.39 is 59.1 Å². The van der Waals surface area contributed by atoms with E-state index in [1.165, 1.54) is 18.2 Å². The topological polar surface area (TPSA) is 224 Å². The predicted molar refractivity (Wildman–Crippen MR) is 193 cm³/mol. The number of carbonyl (C=O) groups excluding carboxylic acids is 3. The predicted octanol–water partition coefficient (Wildman–Crippen LogP) is 5.70. The van der Waals surface area contributed by atoms with Crippen molar-refractivity contribution in [3.63, 3.8) is 0 Å². The lowest BCUT2D eigenvalue weighted by atomic mass is 10.0. The Bertz CT molecular complexity index is 2100. The number of aliphatic imine (C=N–C) groups is 1. The zero-order valence-corrected chi connectivity index (χ0v) is 29.9. The summed E-state index contributed by atoms with van der Waals surface area (Å²) in [5.41, 5.74) is 1.09. The van der Waals surface area contributed by atoms with Gasteiger partial charge in [-0.1, -0.05) is 36.4 Å². The summed E-state index contributed by atoms with van der Waals surface area (Å²) in [5.74, 6) is -3.61. The molecule has 0 fully saturated rings. The highest BCUT2D eigenvalue weighted by Gasteiger charge is 2.31. The number of nitro groups is 1. The van der Waals surface area contributed by atoms with Crippen LogP contribution in [0.4, 0.5) is 5.69 Å². The molecule has 2 heterocycles. The van der Waals surface area contributed by atoms with Crippen molar-refractivity contribution in [2.75, 3.05) is 26.4 Å². The average molecular weight is 753 g/mol. The van der Waals surface area contributed by atoms with Crippen molar-refractivity contribution < 1.29 is 47.7 Å². The molecule has 17 heteroatoms. The number of benzene rings is 3. The summed E-state index contributed by atoms with van der Waals surface area (Å²) < 4.78 is 32.9. The molecule has 4 aromatic rings. The number of ether oxygens (including phenoxy) is 6. The molecule has 284 valence electrons. The van der Waals surface area contributed by atoms with Gasteiger partial charge in [-0.2, -0.15) is 15.2 Å². The summed E-state index contributed by atoms with van der Waals surface area (Å²) in [5, 5.41) is 25.4. The smallest absolute Gasteiger partial charge is 0.392 e. The summed E-state index contributed by atoms with van der Waals surface area (Å²) in [6, 6.07) is 19.2. The minimum absolute atomic E-state index is 0.0178. The van der Waals surface area contributed by atoms with Crippen LogP contribution in [-0.2, 0) is 36.8 Å². The fourth-order valence-electron chi connectivity index (χ4n) is 5.20. The molecule has 1 aromatic heterocycles. The van der Waals surface area contributed by atoms with E-state index in [4.69, 9.17) is 28.4 Å². The zero-order chi connectivity index (χ0) is 39.2. The van der Waals surface area contributed by atoms with Crippen molar-refractivity contribution in [2.45, 2.75) is 45.9 Å². The maximum atomic E-state index is 13.3. The van der Waals surface area contributed by atoms with E-state index in [1.807, 2.05) is 18.2 Å². The van der Waals surface area contributed by atoms with Crippen molar-refractivity contribution in [1.29, 1.82) is 5.26 Å². The molecule has 0 radical (unpaired) electrons. The van der Waals surface area contributed by atoms with E-state index in [0.29, 0.717) is 17.7 Å². The van der Waals surface area contributed by atoms with E-state index in [2.05, 4.69) is 20.3 Å². The van der Waals surface area contributed by atoms with Gasteiger partial charge >= 0.3 is 41.4 Å². The third kappa shape index (κ3) is 11.0. The van der Waals surface area contributed by atoms with Gasteiger partial charge in [-0.3, -0.25) is 25.2 Å². The number of hydrogen-bond acceptors (Lipinski definition) is 16. The minimum Gasteiger partial charge on any atom is -0.466 e. The highest BCUT2D eigenvalue weighted by atomic mass is 16.6. The summed E-state index contributed by atoms with van der Waals surface area (Å²) in [4.78, 5) is 62.1.